The van der Waals surface area contributed by atoms with Crippen LogP contribution in [-0.2, 0) is 19.2 Å². The van der Waals surface area contributed by atoms with E-state index < -0.39 is 41.5 Å². The molecule has 0 radical (unpaired) electrons. The van der Waals surface area contributed by atoms with Crippen molar-refractivity contribution < 1.29 is 24.0 Å². The molecule has 4 N–H and O–H groups in total. The summed E-state index contributed by atoms with van der Waals surface area (Å²) in [5.74, 6) is -3.38. The van der Waals surface area contributed by atoms with Gasteiger partial charge < -0.3 is 26.2 Å². The third kappa shape index (κ3) is 9.38. The van der Waals surface area contributed by atoms with Gasteiger partial charge in [0.1, 0.15) is 6.04 Å². The standard InChI is InChI=1S/C25H38N6O5/c1-17(2)21(22(33)25(36)26-10-11-31-14-12-30(4)13-15-31)29-23(34)18(3)28-20(32)16-27-24(35)19-8-6-5-7-9-19/h5-9,17-18,21H,10-16H2,1-4H3,(H,26,36)(H,27,35)(H,28,32)(H,29,34)/t18-,21?/m0/s1. The van der Waals surface area contributed by atoms with Crippen LogP contribution in [0, 0.1) is 5.92 Å². The third-order valence-corrected chi connectivity index (χ3v) is 6.00. The number of carbonyl (C=O) groups is 5. The predicted octanol–water partition coefficient (Wildman–Crippen LogP) is -1.01. The minimum Gasteiger partial charge on any atom is -0.348 e. The molecular formula is C25H38N6O5. The molecule has 11 nitrogen and oxygen atoms in total. The summed E-state index contributed by atoms with van der Waals surface area (Å²) in [6.07, 6.45) is 0. The van der Waals surface area contributed by atoms with Crippen LogP contribution in [0.1, 0.15) is 31.1 Å². The van der Waals surface area contributed by atoms with Gasteiger partial charge in [-0.15, -0.1) is 0 Å². The lowest BCUT2D eigenvalue weighted by Gasteiger charge is -2.32. The number of carbonyl (C=O) groups excluding carboxylic acids is 5. The fourth-order valence-corrected chi connectivity index (χ4v) is 3.65. The van der Waals surface area contributed by atoms with Gasteiger partial charge in [0, 0.05) is 44.8 Å². The van der Waals surface area contributed by atoms with Crippen molar-refractivity contribution >= 4 is 29.4 Å². The van der Waals surface area contributed by atoms with Crippen LogP contribution in [-0.4, -0.2) is 104 Å². The molecule has 198 valence electrons. The second-order valence-corrected chi connectivity index (χ2v) is 9.33. The highest BCUT2D eigenvalue weighted by Crippen LogP contribution is 2.05. The van der Waals surface area contributed by atoms with E-state index >= 15 is 0 Å². The summed E-state index contributed by atoms with van der Waals surface area (Å²) in [6.45, 7) is 9.33. The first-order valence-electron chi connectivity index (χ1n) is 12.2. The summed E-state index contributed by atoms with van der Waals surface area (Å²) < 4.78 is 0. The van der Waals surface area contributed by atoms with E-state index in [0.29, 0.717) is 18.7 Å². The summed E-state index contributed by atoms with van der Waals surface area (Å²) in [5.41, 5.74) is 0.413. The van der Waals surface area contributed by atoms with Crippen molar-refractivity contribution in [2.75, 3.05) is 52.9 Å². The van der Waals surface area contributed by atoms with Gasteiger partial charge in [-0.1, -0.05) is 32.0 Å². The molecule has 1 unspecified atom stereocenters. The van der Waals surface area contributed by atoms with Crippen LogP contribution < -0.4 is 21.3 Å². The first-order valence-corrected chi connectivity index (χ1v) is 12.2. The maximum absolute atomic E-state index is 12.7. The van der Waals surface area contributed by atoms with Gasteiger partial charge in [-0.2, -0.15) is 0 Å². The molecule has 0 saturated carbocycles. The minimum absolute atomic E-state index is 0.312. The highest BCUT2D eigenvalue weighted by Gasteiger charge is 2.31. The third-order valence-electron chi connectivity index (χ3n) is 6.00. The number of hydrogen-bond acceptors (Lipinski definition) is 7. The number of amides is 4. The molecule has 1 aromatic carbocycles. The number of hydrogen-bond donors (Lipinski definition) is 4. The van der Waals surface area contributed by atoms with Crippen molar-refractivity contribution in [2.45, 2.75) is 32.9 Å². The molecule has 2 atom stereocenters. The van der Waals surface area contributed by atoms with Crippen LogP contribution in [0.25, 0.3) is 0 Å². The highest BCUT2D eigenvalue weighted by molar-refractivity contribution is 6.38. The summed E-state index contributed by atoms with van der Waals surface area (Å²) >= 11 is 0. The molecule has 1 fully saturated rings. The summed E-state index contributed by atoms with van der Waals surface area (Å²) in [4.78, 5) is 66.5. The molecule has 11 heteroatoms. The molecule has 1 heterocycles. The molecule has 1 aliphatic heterocycles. The molecule has 1 aromatic rings. The molecule has 0 bridgehead atoms. The van der Waals surface area contributed by atoms with Crippen LogP contribution >= 0.6 is 0 Å². The number of nitrogens with zero attached hydrogens (tertiary/aromatic N) is 2. The Morgan fingerprint density at radius 3 is 2.14 bits per heavy atom. The van der Waals surface area contributed by atoms with Gasteiger partial charge in [-0.3, -0.25) is 28.9 Å². The first-order chi connectivity index (χ1) is 17.1. The smallest absolute Gasteiger partial charge is 0.289 e. The Morgan fingerprint density at radius 2 is 1.53 bits per heavy atom. The minimum atomic E-state index is -1.03. The zero-order chi connectivity index (χ0) is 26.7. The lowest BCUT2D eigenvalue weighted by molar-refractivity contribution is -0.141. The maximum atomic E-state index is 12.7. The van der Waals surface area contributed by atoms with Gasteiger partial charge in [-0.05, 0) is 32.0 Å². The van der Waals surface area contributed by atoms with Gasteiger partial charge in [0.25, 0.3) is 11.8 Å². The van der Waals surface area contributed by atoms with Crippen molar-refractivity contribution in [1.29, 1.82) is 0 Å². The van der Waals surface area contributed by atoms with Crippen LogP contribution in [0.2, 0.25) is 0 Å². The van der Waals surface area contributed by atoms with Crippen molar-refractivity contribution in [1.82, 2.24) is 31.1 Å². The van der Waals surface area contributed by atoms with Gasteiger partial charge >= 0.3 is 0 Å². The maximum Gasteiger partial charge on any atom is 0.289 e. The van der Waals surface area contributed by atoms with E-state index in [4.69, 9.17) is 0 Å². The molecular weight excluding hydrogens is 464 g/mol. The van der Waals surface area contributed by atoms with E-state index in [0.717, 1.165) is 26.2 Å². The molecule has 0 aromatic heterocycles. The van der Waals surface area contributed by atoms with Crippen LogP contribution in [0.15, 0.2) is 30.3 Å². The zero-order valence-corrected chi connectivity index (χ0v) is 21.5. The quantitative estimate of drug-likeness (QED) is 0.269. The van der Waals surface area contributed by atoms with Gasteiger partial charge in [-0.25, -0.2) is 0 Å². The molecule has 0 spiro atoms. The molecule has 2 rings (SSSR count). The van der Waals surface area contributed by atoms with Crippen molar-refractivity contribution in [3.8, 4) is 0 Å². The average molecular weight is 503 g/mol. The van der Waals surface area contributed by atoms with E-state index in [9.17, 15) is 24.0 Å². The fraction of sp³-hybridized carbons (Fsp3) is 0.560. The SMILES string of the molecule is CC(C)C(NC(=O)[C@H](C)NC(=O)CNC(=O)c1ccccc1)C(=O)C(=O)NCCN1CCN(C)CC1. The largest absolute Gasteiger partial charge is 0.348 e. The number of rotatable bonds is 12. The first kappa shape index (κ1) is 28.9. The lowest BCUT2D eigenvalue weighted by Crippen LogP contribution is -2.55. The number of nitrogens with one attached hydrogen (secondary N) is 4. The summed E-state index contributed by atoms with van der Waals surface area (Å²) in [5, 5.41) is 10.2. The summed E-state index contributed by atoms with van der Waals surface area (Å²) in [7, 11) is 2.06. The van der Waals surface area contributed by atoms with Gasteiger partial charge in [0.2, 0.25) is 17.6 Å². The monoisotopic (exact) mass is 502 g/mol. The fourth-order valence-electron chi connectivity index (χ4n) is 3.65. The number of piperazine rings is 1. The van der Waals surface area contributed by atoms with Crippen LogP contribution in [0.4, 0.5) is 0 Å². The van der Waals surface area contributed by atoms with Crippen molar-refractivity contribution in [3.63, 3.8) is 0 Å². The van der Waals surface area contributed by atoms with E-state index in [2.05, 4.69) is 38.1 Å². The Balaban J connectivity index is 1.77. The van der Waals surface area contributed by atoms with Gasteiger partial charge in [0.15, 0.2) is 0 Å². The van der Waals surface area contributed by atoms with Crippen LogP contribution in [0.3, 0.4) is 0 Å². The summed E-state index contributed by atoms with van der Waals surface area (Å²) in [6, 6.07) is 6.43. The molecule has 1 aliphatic rings. The Bertz CT molecular complexity index is 915. The van der Waals surface area contributed by atoms with E-state index in [1.54, 1.807) is 44.2 Å². The number of Topliss-reactive ketones (excluding diaryl/α,β-unsaturated/α-hetero) is 1. The van der Waals surface area contributed by atoms with Crippen molar-refractivity contribution in [3.05, 3.63) is 35.9 Å². The Morgan fingerprint density at radius 1 is 0.889 bits per heavy atom. The Kier molecular flexibility index (Phi) is 11.5. The second-order valence-electron chi connectivity index (χ2n) is 9.33. The van der Waals surface area contributed by atoms with E-state index in [1.165, 1.54) is 6.92 Å². The second kappa shape index (κ2) is 14.3. The molecule has 4 amide bonds. The van der Waals surface area contributed by atoms with E-state index in [1.807, 2.05) is 0 Å². The Hall–Kier alpha value is -3.31. The number of ketones is 1. The normalized spacial score (nSPS) is 16.0. The van der Waals surface area contributed by atoms with E-state index in [-0.39, 0.29) is 12.5 Å². The Labute approximate surface area is 212 Å². The zero-order valence-electron chi connectivity index (χ0n) is 21.5. The molecule has 0 aliphatic carbocycles. The average Bonchev–Trinajstić information content (AvgIpc) is 2.86. The molecule has 1 saturated heterocycles. The van der Waals surface area contributed by atoms with Crippen molar-refractivity contribution in [2.24, 2.45) is 5.92 Å². The lowest BCUT2D eigenvalue weighted by atomic mass is 9.98. The topological polar surface area (TPSA) is 140 Å². The van der Waals surface area contributed by atoms with Crippen LogP contribution in [0.5, 0.6) is 0 Å². The molecule has 36 heavy (non-hydrogen) atoms. The number of benzene rings is 1. The number of likely N-dealkylation sites (N-methyl/N-ethyl adjacent to an activating group) is 1. The highest BCUT2D eigenvalue weighted by atomic mass is 16.2. The predicted molar refractivity (Wildman–Crippen MR) is 135 cm³/mol. The van der Waals surface area contributed by atoms with Gasteiger partial charge in [0.05, 0.1) is 12.6 Å².